The lowest BCUT2D eigenvalue weighted by atomic mass is 9.88. The topological polar surface area (TPSA) is 81.6 Å². The third-order valence-electron chi connectivity index (χ3n) is 7.44. The molecule has 0 saturated carbocycles. The highest BCUT2D eigenvalue weighted by Gasteiger charge is 2.37. The number of amides is 2. The Bertz CT molecular complexity index is 1470. The van der Waals surface area contributed by atoms with E-state index in [4.69, 9.17) is 16.0 Å². The van der Waals surface area contributed by atoms with Crippen molar-refractivity contribution in [3.8, 4) is 0 Å². The normalized spacial score (nSPS) is 16.9. The molecular weight excluding hydrogens is 500 g/mol. The summed E-state index contributed by atoms with van der Waals surface area (Å²) in [5.74, 6) is -0.0446. The number of aromatic amines is 1. The van der Waals surface area contributed by atoms with Gasteiger partial charge in [-0.25, -0.2) is 0 Å². The average molecular weight is 533 g/mol. The van der Waals surface area contributed by atoms with Crippen LogP contribution in [0.15, 0.2) is 65.4 Å². The van der Waals surface area contributed by atoms with Gasteiger partial charge < -0.3 is 24.5 Å². The number of aromatic nitrogens is 1. The Kier molecular flexibility index (Phi) is 7.32. The van der Waals surface area contributed by atoms with Gasteiger partial charge in [0.25, 0.3) is 5.91 Å². The van der Waals surface area contributed by atoms with Gasteiger partial charge in [0, 0.05) is 46.8 Å². The van der Waals surface area contributed by atoms with Crippen molar-refractivity contribution in [3.05, 3.63) is 88.5 Å². The highest BCUT2D eigenvalue weighted by Crippen LogP contribution is 2.35. The summed E-state index contributed by atoms with van der Waals surface area (Å²) in [6, 6.07) is 14.5. The van der Waals surface area contributed by atoms with E-state index in [1.807, 2.05) is 74.6 Å². The van der Waals surface area contributed by atoms with Gasteiger partial charge in [-0.15, -0.1) is 0 Å². The Morgan fingerprint density at radius 1 is 1.21 bits per heavy atom. The Labute approximate surface area is 227 Å². The molecule has 0 spiro atoms. The second kappa shape index (κ2) is 10.7. The van der Waals surface area contributed by atoms with Crippen LogP contribution in [0.4, 0.5) is 5.69 Å². The fourth-order valence-electron chi connectivity index (χ4n) is 5.62. The molecular formula is C30H33ClN4O3. The van der Waals surface area contributed by atoms with E-state index in [9.17, 15) is 9.59 Å². The van der Waals surface area contributed by atoms with Crippen molar-refractivity contribution in [2.45, 2.75) is 32.2 Å². The third-order valence-corrected chi connectivity index (χ3v) is 7.67. The molecule has 2 unspecified atom stereocenters. The van der Waals surface area contributed by atoms with E-state index in [2.05, 4.69) is 15.2 Å². The summed E-state index contributed by atoms with van der Waals surface area (Å²) >= 11 is 6.35. The van der Waals surface area contributed by atoms with Crippen molar-refractivity contribution in [1.82, 2.24) is 15.2 Å². The smallest absolute Gasteiger partial charge is 0.255 e. The van der Waals surface area contributed by atoms with Crippen molar-refractivity contribution in [2.75, 3.05) is 32.1 Å². The van der Waals surface area contributed by atoms with E-state index in [1.165, 1.54) is 6.26 Å². The number of carbonyl (C=O) groups is 2. The standard InChI is InChI=1S/C30H33ClN4O3/c1-18(25-15-32-26-8-6-5-7-24(25)26)28(33-29(36)23-11-12-38-19(23)2)30(37)35-17-20(16-34(3)4)13-21-14-22(31)9-10-27(21)35/h5-12,14-15,18,20,28,32H,13,16-17H2,1-4H3,(H,33,36)/t18?,20-,28?/m1/s1. The zero-order chi connectivity index (χ0) is 27.0. The molecule has 5 rings (SSSR count). The van der Waals surface area contributed by atoms with Crippen LogP contribution in [-0.2, 0) is 11.2 Å². The van der Waals surface area contributed by atoms with Crippen LogP contribution in [0.2, 0.25) is 5.02 Å². The largest absolute Gasteiger partial charge is 0.469 e. The first-order chi connectivity index (χ1) is 18.2. The number of aryl methyl sites for hydroxylation is 1. The molecule has 1 aliphatic rings. The van der Waals surface area contributed by atoms with E-state index >= 15 is 0 Å². The quantitative estimate of drug-likeness (QED) is 0.334. The molecule has 2 aromatic carbocycles. The van der Waals surface area contributed by atoms with Crippen LogP contribution in [0.1, 0.15) is 40.1 Å². The summed E-state index contributed by atoms with van der Waals surface area (Å²) in [7, 11) is 4.07. The molecule has 2 N–H and O–H groups in total. The van der Waals surface area contributed by atoms with E-state index in [-0.39, 0.29) is 23.7 Å². The summed E-state index contributed by atoms with van der Waals surface area (Å²) in [5, 5.41) is 4.75. The first kappa shape index (κ1) is 26.1. The summed E-state index contributed by atoms with van der Waals surface area (Å²) in [6.45, 7) is 5.12. The van der Waals surface area contributed by atoms with Crippen LogP contribution in [0.3, 0.4) is 0 Å². The van der Waals surface area contributed by atoms with Crippen molar-refractivity contribution in [3.63, 3.8) is 0 Å². The van der Waals surface area contributed by atoms with Crippen molar-refractivity contribution < 1.29 is 14.0 Å². The van der Waals surface area contributed by atoms with Crippen LogP contribution in [0.25, 0.3) is 10.9 Å². The van der Waals surface area contributed by atoms with Gasteiger partial charge in [-0.3, -0.25) is 9.59 Å². The molecule has 7 nitrogen and oxygen atoms in total. The highest BCUT2D eigenvalue weighted by atomic mass is 35.5. The summed E-state index contributed by atoms with van der Waals surface area (Å²) in [6.07, 6.45) is 4.26. The van der Waals surface area contributed by atoms with Crippen molar-refractivity contribution in [2.24, 2.45) is 5.92 Å². The van der Waals surface area contributed by atoms with Gasteiger partial charge in [0.05, 0.1) is 11.8 Å². The van der Waals surface area contributed by atoms with Crippen LogP contribution >= 0.6 is 11.6 Å². The maximum absolute atomic E-state index is 14.5. The first-order valence-corrected chi connectivity index (χ1v) is 13.3. The minimum absolute atomic E-state index is 0.149. The molecule has 8 heteroatoms. The maximum atomic E-state index is 14.5. The van der Waals surface area contributed by atoms with Gasteiger partial charge in [-0.1, -0.05) is 36.7 Å². The Morgan fingerprint density at radius 3 is 2.74 bits per heavy atom. The number of rotatable bonds is 7. The van der Waals surface area contributed by atoms with Crippen molar-refractivity contribution in [1.29, 1.82) is 0 Å². The molecule has 0 fully saturated rings. The van der Waals surface area contributed by atoms with Gasteiger partial charge >= 0.3 is 0 Å². The lowest BCUT2D eigenvalue weighted by molar-refractivity contribution is -0.121. The molecule has 0 aliphatic carbocycles. The van der Waals surface area contributed by atoms with Gasteiger partial charge in [0.1, 0.15) is 11.8 Å². The Morgan fingerprint density at radius 2 is 2.00 bits per heavy atom. The lowest BCUT2D eigenvalue weighted by Crippen LogP contribution is -2.54. The number of hydrogen-bond donors (Lipinski definition) is 2. The molecule has 198 valence electrons. The van der Waals surface area contributed by atoms with E-state index in [1.54, 1.807) is 13.0 Å². The van der Waals surface area contributed by atoms with Crippen LogP contribution in [0.5, 0.6) is 0 Å². The molecule has 38 heavy (non-hydrogen) atoms. The summed E-state index contributed by atoms with van der Waals surface area (Å²) in [5.41, 5.74) is 4.27. The number of benzene rings is 2. The molecule has 1 aliphatic heterocycles. The molecule has 3 heterocycles. The fourth-order valence-corrected chi connectivity index (χ4v) is 5.81. The molecule has 3 atom stereocenters. The number of carbonyl (C=O) groups excluding carboxylic acids is 2. The van der Waals surface area contributed by atoms with E-state index in [0.717, 1.165) is 40.7 Å². The number of fused-ring (bicyclic) bond motifs is 2. The molecule has 2 aromatic heterocycles. The minimum Gasteiger partial charge on any atom is -0.469 e. The van der Waals surface area contributed by atoms with Gasteiger partial charge in [-0.05, 0) is 74.8 Å². The lowest BCUT2D eigenvalue weighted by Gasteiger charge is -2.38. The third kappa shape index (κ3) is 5.08. The Hall–Kier alpha value is -3.55. The number of furan rings is 1. The second-order valence-corrected chi connectivity index (χ2v) is 10.9. The maximum Gasteiger partial charge on any atom is 0.255 e. The zero-order valence-corrected chi connectivity index (χ0v) is 22.9. The zero-order valence-electron chi connectivity index (χ0n) is 22.1. The number of halogens is 1. The predicted molar refractivity (Wildman–Crippen MR) is 151 cm³/mol. The Balaban J connectivity index is 1.55. The monoisotopic (exact) mass is 532 g/mol. The minimum atomic E-state index is -0.808. The van der Waals surface area contributed by atoms with Gasteiger partial charge in [0.2, 0.25) is 5.91 Å². The number of nitrogens with zero attached hydrogens (tertiary/aromatic N) is 2. The molecule has 0 saturated heterocycles. The summed E-state index contributed by atoms with van der Waals surface area (Å²) in [4.78, 5) is 35.1. The molecule has 0 bridgehead atoms. The van der Waals surface area contributed by atoms with Crippen LogP contribution in [0, 0.1) is 12.8 Å². The van der Waals surface area contributed by atoms with Gasteiger partial charge in [-0.2, -0.15) is 0 Å². The number of para-hydroxylation sites is 1. The van der Waals surface area contributed by atoms with E-state index < -0.39 is 6.04 Å². The van der Waals surface area contributed by atoms with Crippen molar-refractivity contribution >= 4 is 40.0 Å². The molecule has 2 amide bonds. The molecule has 0 radical (unpaired) electrons. The summed E-state index contributed by atoms with van der Waals surface area (Å²) < 4.78 is 5.36. The predicted octanol–water partition coefficient (Wildman–Crippen LogP) is 5.39. The van der Waals surface area contributed by atoms with Crippen LogP contribution in [-0.4, -0.2) is 54.9 Å². The average Bonchev–Trinajstić information content (AvgIpc) is 3.51. The number of nitrogens with one attached hydrogen (secondary N) is 2. The second-order valence-electron chi connectivity index (χ2n) is 10.5. The number of H-pyrrole nitrogens is 1. The van der Waals surface area contributed by atoms with Crippen LogP contribution < -0.4 is 10.2 Å². The molecule has 4 aromatic rings. The number of hydrogen-bond acceptors (Lipinski definition) is 4. The van der Waals surface area contributed by atoms with E-state index in [0.29, 0.717) is 22.9 Å². The highest BCUT2D eigenvalue weighted by molar-refractivity contribution is 6.30. The first-order valence-electron chi connectivity index (χ1n) is 12.9. The fraction of sp³-hybridized carbons (Fsp3) is 0.333. The van der Waals surface area contributed by atoms with Gasteiger partial charge in [0.15, 0.2) is 0 Å². The number of anilines is 1. The SMILES string of the molecule is Cc1occc1C(=O)NC(C(=O)N1C[C@@H](CN(C)C)Cc2cc(Cl)ccc21)C(C)c1c[nH]c2ccccc12.